The Morgan fingerprint density at radius 1 is 0.694 bits per heavy atom. The van der Waals surface area contributed by atoms with Gasteiger partial charge in [0, 0.05) is 29.4 Å². The van der Waals surface area contributed by atoms with Gasteiger partial charge >= 0.3 is 0 Å². The maximum Gasteiger partial charge on any atom is 0.161 e. The highest BCUT2D eigenvalue weighted by atomic mass is 16.5. The number of benzene rings is 4. The number of fused-ring (bicyclic) bond motifs is 3. The first-order chi connectivity index (χ1) is 17.8. The molecule has 6 heteroatoms. The number of hydrogen-bond acceptors (Lipinski definition) is 5. The van der Waals surface area contributed by atoms with Gasteiger partial charge < -0.3 is 29.6 Å². The fourth-order valence-electron chi connectivity index (χ4n) is 4.16. The normalized spacial score (nSPS) is 12.0. The molecule has 0 unspecified atom stereocenters. The molecule has 5 rings (SSSR count). The summed E-state index contributed by atoms with van der Waals surface area (Å²) in [5.41, 5.74) is 3.19. The first-order valence-corrected chi connectivity index (χ1v) is 12.2. The molecule has 1 atom stereocenters. The van der Waals surface area contributed by atoms with Gasteiger partial charge in [-0.25, -0.2) is 0 Å². The minimum atomic E-state index is -0.646. The number of aromatic nitrogens is 1. The van der Waals surface area contributed by atoms with Crippen LogP contribution in [-0.2, 0) is 6.61 Å². The summed E-state index contributed by atoms with van der Waals surface area (Å²) in [6.45, 7) is 2.12. The number of nitrogens with one attached hydrogen (secondary N) is 2. The number of aromatic amines is 1. The van der Waals surface area contributed by atoms with Crippen molar-refractivity contribution in [2.24, 2.45) is 0 Å². The molecule has 0 fully saturated rings. The van der Waals surface area contributed by atoms with Gasteiger partial charge in [0.15, 0.2) is 11.5 Å². The van der Waals surface area contributed by atoms with E-state index < -0.39 is 6.10 Å². The number of hydrogen-bond donors (Lipinski definition) is 3. The van der Waals surface area contributed by atoms with E-state index in [0.717, 1.165) is 33.1 Å². The molecule has 0 aliphatic carbocycles. The van der Waals surface area contributed by atoms with Gasteiger partial charge in [0.25, 0.3) is 0 Å². The third-order valence-electron chi connectivity index (χ3n) is 5.93. The summed E-state index contributed by atoms with van der Waals surface area (Å²) in [5.74, 6) is 2.17. The lowest BCUT2D eigenvalue weighted by Crippen LogP contribution is -2.33. The second-order valence-corrected chi connectivity index (χ2v) is 8.59. The van der Waals surface area contributed by atoms with Crippen LogP contribution in [0, 0.1) is 0 Å². The van der Waals surface area contributed by atoms with E-state index in [0.29, 0.717) is 37.8 Å². The molecule has 184 valence electrons. The lowest BCUT2D eigenvalue weighted by Gasteiger charge is -2.15. The van der Waals surface area contributed by atoms with Crippen molar-refractivity contribution in [1.29, 1.82) is 0 Å². The first kappa shape index (κ1) is 23.7. The Labute approximate surface area is 210 Å². The maximum absolute atomic E-state index is 10.4. The average Bonchev–Trinajstić information content (AvgIpc) is 3.31. The minimum absolute atomic E-state index is 0.197. The monoisotopic (exact) mass is 482 g/mol. The molecule has 1 aromatic heterocycles. The standard InChI is InChI=1S/C30H30N2O4/c33-23(21-36-29-16-8-13-26-30(29)24-11-4-5-12-25(24)32-26)19-31-17-18-34-27-14-6-7-15-28(27)35-20-22-9-2-1-3-10-22/h1-16,23,31-33H,17-21H2/t23-/m1/s1. The van der Waals surface area contributed by atoms with Crippen LogP contribution >= 0.6 is 0 Å². The Hall–Kier alpha value is -4.00. The third-order valence-corrected chi connectivity index (χ3v) is 5.93. The summed E-state index contributed by atoms with van der Waals surface area (Å²) in [6, 6.07) is 31.8. The SMILES string of the molecule is O[C@H](CNCCOc1ccccc1OCc1ccccc1)COc1cccc2[nH]c3ccccc3c12. The van der Waals surface area contributed by atoms with E-state index in [1.165, 1.54) is 0 Å². The van der Waals surface area contributed by atoms with Gasteiger partial charge in [0.05, 0.1) is 5.52 Å². The van der Waals surface area contributed by atoms with Crippen LogP contribution in [0.25, 0.3) is 21.8 Å². The van der Waals surface area contributed by atoms with Crippen molar-refractivity contribution in [3.8, 4) is 17.2 Å². The van der Waals surface area contributed by atoms with E-state index >= 15 is 0 Å². The molecule has 0 saturated heterocycles. The Morgan fingerprint density at radius 2 is 1.39 bits per heavy atom. The molecule has 0 bridgehead atoms. The Bertz CT molecular complexity index is 1400. The molecule has 0 aliphatic rings. The van der Waals surface area contributed by atoms with Crippen LogP contribution in [0.2, 0.25) is 0 Å². The van der Waals surface area contributed by atoms with Gasteiger partial charge in [-0.3, -0.25) is 0 Å². The first-order valence-electron chi connectivity index (χ1n) is 12.2. The largest absolute Gasteiger partial charge is 0.490 e. The summed E-state index contributed by atoms with van der Waals surface area (Å²) in [7, 11) is 0. The lowest BCUT2D eigenvalue weighted by atomic mass is 10.1. The maximum atomic E-state index is 10.4. The van der Waals surface area contributed by atoms with Crippen molar-refractivity contribution >= 4 is 21.8 Å². The molecule has 5 aromatic rings. The molecule has 0 spiro atoms. The molecule has 0 amide bonds. The van der Waals surface area contributed by atoms with Crippen LogP contribution in [0.3, 0.4) is 0 Å². The van der Waals surface area contributed by atoms with Crippen LogP contribution in [0.5, 0.6) is 17.2 Å². The zero-order valence-electron chi connectivity index (χ0n) is 20.0. The van der Waals surface area contributed by atoms with E-state index in [4.69, 9.17) is 14.2 Å². The van der Waals surface area contributed by atoms with Crippen LogP contribution in [0.15, 0.2) is 97.1 Å². The average molecular weight is 483 g/mol. The van der Waals surface area contributed by atoms with E-state index in [-0.39, 0.29) is 6.61 Å². The van der Waals surface area contributed by atoms with Gasteiger partial charge in [-0.1, -0.05) is 66.7 Å². The van der Waals surface area contributed by atoms with E-state index in [1.54, 1.807) is 0 Å². The van der Waals surface area contributed by atoms with Gasteiger partial charge in [0.2, 0.25) is 0 Å². The molecule has 0 saturated carbocycles. The fourth-order valence-corrected chi connectivity index (χ4v) is 4.16. The number of rotatable bonds is 12. The Kier molecular flexibility index (Phi) is 7.66. The molecule has 0 radical (unpaired) electrons. The Balaban J connectivity index is 1.06. The topological polar surface area (TPSA) is 75.7 Å². The second kappa shape index (κ2) is 11.6. The van der Waals surface area contributed by atoms with Gasteiger partial charge in [-0.15, -0.1) is 0 Å². The molecule has 6 nitrogen and oxygen atoms in total. The number of ether oxygens (including phenoxy) is 3. The van der Waals surface area contributed by atoms with E-state index in [2.05, 4.69) is 16.4 Å². The molecule has 36 heavy (non-hydrogen) atoms. The quantitative estimate of drug-likeness (QED) is 0.210. The second-order valence-electron chi connectivity index (χ2n) is 8.59. The van der Waals surface area contributed by atoms with Crippen LogP contribution in [0.4, 0.5) is 0 Å². The molecule has 4 aromatic carbocycles. The van der Waals surface area contributed by atoms with Crippen molar-refractivity contribution in [1.82, 2.24) is 10.3 Å². The van der Waals surface area contributed by atoms with Crippen LogP contribution in [0.1, 0.15) is 5.56 Å². The van der Waals surface area contributed by atoms with Gasteiger partial charge in [-0.2, -0.15) is 0 Å². The number of H-pyrrole nitrogens is 1. The highest BCUT2D eigenvalue weighted by Crippen LogP contribution is 2.33. The zero-order chi connectivity index (χ0) is 24.6. The van der Waals surface area contributed by atoms with Gasteiger partial charge in [0.1, 0.15) is 31.7 Å². The fraction of sp³-hybridized carbons (Fsp3) is 0.200. The number of para-hydroxylation sites is 3. The predicted octanol–water partition coefficient (Wildman–Crippen LogP) is 5.31. The number of aliphatic hydroxyl groups is 1. The lowest BCUT2D eigenvalue weighted by molar-refractivity contribution is 0.106. The molecular weight excluding hydrogens is 452 g/mol. The predicted molar refractivity (Wildman–Crippen MR) is 143 cm³/mol. The van der Waals surface area contributed by atoms with Crippen molar-refractivity contribution in [3.05, 3.63) is 103 Å². The van der Waals surface area contributed by atoms with Crippen molar-refractivity contribution in [3.63, 3.8) is 0 Å². The summed E-state index contributed by atoms with van der Waals surface area (Å²) in [5, 5.41) is 15.8. The molecule has 0 aliphatic heterocycles. The highest BCUT2D eigenvalue weighted by Gasteiger charge is 2.11. The number of aliphatic hydroxyl groups excluding tert-OH is 1. The summed E-state index contributed by atoms with van der Waals surface area (Å²) >= 11 is 0. The smallest absolute Gasteiger partial charge is 0.161 e. The molecule has 3 N–H and O–H groups in total. The summed E-state index contributed by atoms with van der Waals surface area (Å²) < 4.78 is 17.8. The van der Waals surface area contributed by atoms with Crippen molar-refractivity contribution in [2.75, 3.05) is 26.3 Å². The van der Waals surface area contributed by atoms with Crippen LogP contribution in [-0.4, -0.2) is 42.5 Å². The summed E-state index contributed by atoms with van der Waals surface area (Å²) in [4.78, 5) is 3.41. The van der Waals surface area contributed by atoms with E-state index in [1.807, 2.05) is 91.0 Å². The molecular formula is C30H30N2O4. The Morgan fingerprint density at radius 3 is 2.25 bits per heavy atom. The van der Waals surface area contributed by atoms with Crippen LogP contribution < -0.4 is 19.5 Å². The van der Waals surface area contributed by atoms with Crippen molar-refractivity contribution < 1.29 is 19.3 Å². The molecule has 1 heterocycles. The van der Waals surface area contributed by atoms with E-state index in [9.17, 15) is 5.11 Å². The third kappa shape index (κ3) is 5.79. The summed E-state index contributed by atoms with van der Waals surface area (Å²) in [6.07, 6.45) is -0.646. The highest BCUT2D eigenvalue weighted by molar-refractivity contribution is 6.10. The van der Waals surface area contributed by atoms with Gasteiger partial charge in [-0.05, 0) is 35.9 Å². The van der Waals surface area contributed by atoms with Crippen molar-refractivity contribution in [2.45, 2.75) is 12.7 Å². The minimum Gasteiger partial charge on any atom is -0.490 e. The zero-order valence-corrected chi connectivity index (χ0v) is 20.0.